The Kier molecular flexibility index (Phi) is 4.22. The third-order valence-electron chi connectivity index (χ3n) is 4.41. The highest BCUT2D eigenvalue weighted by atomic mass is 15.2. The second-order valence-corrected chi connectivity index (χ2v) is 5.79. The first-order valence-corrected chi connectivity index (χ1v) is 6.87. The van der Waals surface area contributed by atoms with E-state index in [0.717, 1.165) is 25.6 Å². The van der Waals surface area contributed by atoms with Gasteiger partial charge in [-0.15, -0.1) is 0 Å². The molecule has 0 spiro atoms. The van der Waals surface area contributed by atoms with Crippen LogP contribution in [0, 0.1) is 11.3 Å². The van der Waals surface area contributed by atoms with Gasteiger partial charge in [0.2, 0.25) is 0 Å². The van der Waals surface area contributed by atoms with Crippen LogP contribution < -0.4 is 10.6 Å². The molecular weight excluding hydrogens is 198 g/mol. The average Bonchev–Trinajstić information content (AvgIpc) is 3.07. The first-order chi connectivity index (χ1) is 7.73. The lowest BCUT2D eigenvalue weighted by Gasteiger charge is -2.28. The van der Waals surface area contributed by atoms with Crippen LogP contribution in [-0.4, -0.2) is 50.7 Å². The Morgan fingerprint density at radius 2 is 1.94 bits per heavy atom. The molecule has 2 fully saturated rings. The van der Waals surface area contributed by atoms with E-state index in [0.29, 0.717) is 5.41 Å². The second kappa shape index (κ2) is 5.48. The number of hydrogen-bond acceptors (Lipinski definition) is 3. The molecule has 94 valence electrons. The van der Waals surface area contributed by atoms with Gasteiger partial charge in [-0.05, 0) is 24.2 Å². The van der Waals surface area contributed by atoms with Crippen molar-refractivity contribution < 1.29 is 0 Å². The van der Waals surface area contributed by atoms with Crippen LogP contribution in [0.4, 0.5) is 0 Å². The van der Waals surface area contributed by atoms with Crippen LogP contribution in [0.15, 0.2) is 0 Å². The van der Waals surface area contributed by atoms with Crippen molar-refractivity contribution in [1.82, 2.24) is 15.5 Å². The van der Waals surface area contributed by atoms with E-state index in [9.17, 15) is 0 Å². The molecule has 1 aliphatic carbocycles. The highest BCUT2D eigenvalue weighted by Gasteiger charge is 2.44. The van der Waals surface area contributed by atoms with Crippen molar-refractivity contribution in [2.24, 2.45) is 11.3 Å². The minimum absolute atomic E-state index is 0.656. The van der Waals surface area contributed by atoms with Crippen molar-refractivity contribution in [1.29, 1.82) is 0 Å². The Bertz CT molecular complexity index is 205. The molecule has 0 unspecified atom stereocenters. The average molecular weight is 225 g/mol. The van der Waals surface area contributed by atoms with Crippen molar-refractivity contribution in [2.75, 3.05) is 45.8 Å². The third kappa shape index (κ3) is 3.19. The normalized spacial score (nSPS) is 24.9. The molecule has 0 aromatic heterocycles. The summed E-state index contributed by atoms with van der Waals surface area (Å²) in [5.41, 5.74) is 0.656. The minimum Gasteiger partial charge on any atom is -0.315 e. The summed E-state index contributed by atoms with van der Waals surface area (Å²) in [4.78, 5) is 2.55. The zero-order valence-electron chi connectivity index (χ0n) is 10.9. The summed E-state index contributed by atoms with van der Waals surface area (Å²) in [6, 6.07) is 0. The first-order valence-electron chi connectivity index (χ1n) is 6.87. The zero-order valence-corrected chi connectivity index (χ0v) is 10.9. The molecule has 0 bridgehead atoms. The lowest BCUT2D eigenvalue weighted by atomic mass is 9.92. The maximum Gasteiger partial charge on any atom is 0.0108 e. The Hall–Kier alpha value is -0.120. The van der Waals surface area contributed by atoms with Gasteiger partial charge in [-0.25, -0.2) is 0 Å². The Morgan fingerprint density at radius 1 is 1.25 bits per heavy atom. The van der Waals surface area contributed by atoms with Crippen LogP contribution >= 0.6 is 0 Å². The Morgan fingerprint density at radius 3 is 2.50 bits per heavy atom. The summed E-state index contributed by atoms with van der Waals surface area (Å²) in [6.07, 6.45) is 2.87. The van der Waals surface area contributed by atoms with Crippen LogP contribution in [0.25, 0.3) is 0 Å². The molecule has 1 saturated carbocycles. The summed E-state index contributed by atoms with van der Waals surface area (Å²) in [5, 5.41) is 7.05. The predicted octanol–water partition coefficient (Wildman–Crippen LogP) is 0.917. The molecule has 0 aromatic carbocycles. The third-order valence-corrected chi connectivity index (χ3v) is 4.41. The summed E-state index contributed by atoms with van der Waals surface area (Å²) < 4.78 is 0. The van der Waals surface area contributed by atoms with Crippen molar-refractivity contribution in [3.05, 3.63) is 0 Å². The number of hydrogen-bond donors (Lipinski definition) is 2. The zero-order chi connectivity index (χ0) is 11.4. The van der Waals surface area contributed by atoms with Crippen LogP contribution in [0.5, 0.6) is 0 Å². The molecule has 2 rings (SSSR count). The van der Waals surface area contributed by atoms with E-state index >= 15 is 0 Å². The van der Waals surface area contributed by atoms with E-state index in [1.54, 1.807) is 0 Å². The van der Waals surface area contributed by atoms with Gasteiger partial charge in [-0.2, -0.15) is 0 Å². The topological polar surface area (TPSA) is 27.3 Å². The number of nitrogens with one attached hydrogen (secondary N) is 2. The van der Waals surface area contributed by atoms with E-state index in [2.05, 4.69) is 29.4 Å². The summed E-state index contributed by atoms with van der Waals surface area (Å²) in [7, 11) is 0. The molecular formula is C13H27N3. The van der Waals surface area contributed by atoms with Gasteiger partial charge in [-0.1, -0.05) is 13.8 Å². The van der Waals surface area contributed by atoms with Gasteiger partial charge in [-0.3, -0.25) is 4.90 Å². The lowest BCUT2D eigenvalue weighted by Crippen LogP contribution is -2.46. The van der Waals surface area contributed by atoms with Gasteiger partial charge >= 0.3 is 0 Å². The fourth-order valence-corrected chi connectivity index (χ4v) is 2.63. The molecule has 0 atom stereocenters. The quantitative estimate of drug-likeness (QED) is 0.658. The van der Waals surface area contributed by atoms with Crippen molar-refractivity contribution in [3.63, 3.8) is 0 Å². The van der Waals surface area contributed by atoms with E-state index in [1.807, 2.05) is 0 Å². The SMILES string of the molecule is CC(C)C1(CNCCN2CCNCC2)CC1. The number of piperazine rings is 1. The van der Waals surface area contributed by atoms with Gasteiger partial charge in [0, 0.05) is 45.8 Å². The van der Waals surface area contributed by atoms with E-state index in [4.69, 9.17) is 0 Å². The Balaban J connectivity index is 1.55. The molecule has 3 heteroatoms. The number of rotatable bonds is 6. The van der Waals surface area contributed by atoms with Gasteiger partial charge in [0.05, 0.1) is 0 Å². The molecule has 0 amide bonds. The maximum absolute atomic E-state index is 3.65. The molecule has 1 heterocycles. The van der Waals surface area contributed by atoms with Crippen molar-refractivity contribution in [2.45, 2.75) is 26.7 Å². The van der Waals surface area contributed by atoms with E-state index in [1.165, 1.54) is 39.0 Å². The molecule has 2 aliphatic rings. The van der Waals surface area contributed by atoms with E-state index < -0.39 is 0 Å². The molecule has 1 saturated heterocycles. The molecule has 2 N–H and O–H groups in total. The van der Waals surface area contributed by atoms with Crippen LogP contribution in [-0.2, 0) is 0 Å². The lowest BCUT2D eigenvalue weighted by molar-refractivity contribution is 0.236. The summed E-state index contributed by atoms with van der Waals surface area (Å²) in [6.45, 7) is 13.1. The molecule has 0 aromatic rings. The minimum atomic E-state index is 0.656. The highest BCUT2D eigenvalue weighted by Crippen LogP contribution is 2.51. The predicted molar refractivity (Wildman–Crippen MR) is 68.7 cm³/mol. The van der Waals surface area contributed by atoms with Crippen LogP contribution in [0.3, 0.4) is 0 Å². The Labute approximate surface area is 100.0 Å². The van der Waals surface area contributed by atoms with Crippen LogP contribution in [0.1, 0.15) is 26.7 Å². The van der Waals surface area contributed by atoms with Gasteiger partial charge in [0.15, 0.2) is 0 Å². The van der Waals surface area contributed by atoms with Crippen LogP contribution in [0.2, 0.25) is 0 Å². The molecule has 1 aliphatic heterocycles. The molecule has 3 nitrogen and oxygen atoms in total. The molecule has 16 heavy (non-hydrogen) atoms. The second-order valence-electron chi connectivity index (χ2n) is 5.79. The van der Waals surface area contributed by atoms with Crippen molar-refractivity contribution in [3.8, 4) is 0 Å². The van der Waals surface area contributed by atoms with Crippen molar-refractivity contribution >= 4 is 0 Å². The fraction of sp³-hybridized carbons (Fsp3) is 1.00. The summed E-state index contributed by atoms with van der Waals surface area (Å²) in [5.74, 6) is 0.846. The standard InChI is InChI=1S/C13H27N3/c1-12(2)13(3-4-13)11-15-7-10-16-8-5-14-6-9-16/h12,14-15H,3-11H2,1-2H3. The highest BCUT2D eigenvalue weighted by molar-refractivity contribution is 4.97. The summed E-state index contributed by atoms with van der Waals surface area (Å²) >= 11 is 0. The largest absolute Gasteiger partial charge is 0.315 e. The monoisotopic (exact) mass is 225 g/mol. The first kappa shape index (κ1) is 12.3. The van der Waals surface area contributed by atoms with E-state index in [-0.39, 0.29) is 0 Å². The molecule has 0 radical (unpaired) electrons. The fourth-order valence-electron chi connectivity index (χ4n) is 2.63. The van der Waals surface area contributed by atoms with Gasteiger partial charge < -0.3 is 10.6 Å². The number of nitrogens with zero attached hydrogens (tertiary/aromatic N) is 1. The van der Waals surface area contributed by atoms with Gasteiger partial charge in [0.25, 0.3) is 0 Å². The maximum atomic E-state index is 3.65. The smallest absolute Gasteiger partial charge is 0.0108 e. The van der Waals surface area contributed by atoms with Gasteiger partial charge in [0.1, 0.15) is 0 Å².